The summed E-state index contributed by atoms with van der Waals surface area (Å²) in [6, 6.07) is 17.4. The molecule has 1 heterocycles. The zero-order valence-corrected chi connectivity index (χ0v) is 23.1. The molecule has 38 heavy (non-hydrogen) atoms. The van der Waals surface area contributed by atoms with Gasteiger partial charge in [-0.15, -0.1) is 0 Å². The van der Waals surface area contributed by atoms with Gasteiger partial charge in [-0.25, -0.2) is 4.98 Å². The highest BCUT2D eigenvalue weighted by Crippen LogP contribution is 2.49. The van der Waals surface area contributed by atoms with Crippen molar-refractivity contribution < 1.29 is 24.5 Å². The highest BCUT2D eigenvalue weighted by Gasteiger charge is 2.46. The van der Waals surface area contributed by atoms with Crippen LogP contribution >= 0.6 is 0 Å². The summed E-state index contributed by atoms with van der Waals surface area (Å²) in [6.45, 7) is 8.56. The second-order valence-electron chi connectivity index (χ2n) is 11.3. The van der Waals surface area contributed by atoms with Crippen LogP contribution in [0.5, 0.6) is 11.5 Å². The Balaban J connectivity index is 1.63. The number of nitrogens with zero attached hydrogens (tertiary/aromatic N) is 1. The van der Waals surface area contributed by atoms with Crippen molar-refractivity contribution in [3.05, 3.63) is 77.0 Å². The number of carbonyl (C=O) groups excluding carboxylic acids is 1. The molecule has 1 aliphatic carbocycles. The Bertz CT molecular complexity index is 1270. The molecule has 4 rings (SSSR count). The van der Waals surface area contributed by atoms with Gasteiger partial charge >= 0.3 is 0 Å². The number of benzene rings is 2. The van der Waals surface area contributed by atoms with E-state index in [1.165, 1.54) is 12.7 Å². The Kier molecular flexibility index (Phi) is 8.24. The van der Waals surface area contributed by atoms with Crippen molar-refractivity contribution in [3.8, 4) is 22.8 Å². The molecule has 3 aromatic rings. The number of ether oxygens (including phenoxy) is 2. The lowest BCUT2D eigenvalue weighted by Gasteiger charge is -2.30. The maximum absolute atomic E-state index is 13.2. The van der Waals surface area contributed by atoms with E-state index in [1.54, 1.807) is 18.2 Å². The van der Waals surface area contributed by atoms with Crippen LogP contribution in [0.4, 0.5) is 0 Å². The monoisotopic (exact) mass is 517 g/mol. The van der Waals surface area contributed by atoms with E-state index in [0.29, 0.717) is 22.8 Å². The standard InChI is InChI=1S/C32H39NO5/c1-21-6-8-22(9-7-21)26-19-25(31(2,3)4)20-30(33-26)32(36,24-11-12-24)15-14-27(35)23-10-13-28(38-17-16-34)29(18-23)37-5/h6-10,13,18-20,24,34,36H,11-12,14-17H2,1-5H3. The number of ketones is 1. The highest BCUT2D eigenvalue weighted by atomic mass is 16.5. The van der Waals surface area contributed by atoms with Crippen LogP contribution in [-0.2, 0) is 11.0 Å². The molecule has 1 aliphatic rings. The Hall–Kier alpha value is -3.22. The summed E-state index contributed by atoms with van der Waals surface area (Å²) in [4.78, 5) is 18.2. The van der Waals surface area contributed by atoms with Crippen LogP contribution in [0.2, 0.25) is 0 Å². The molecule has 1 fully saturated rings. The molecule has 0 amide bonds. The second kappa shape index (κ2) is 11.3. The normalized spacial score (nSPS) is 15.1. The fourth-order valence-corrected chi connectivity index (χ4v) is 4.72. The van der Waals surface area contributed by atoms with E-state index in [9.17, 15) is 9.90 Å². The van der Waals surface area contributed by atoms with E-state index in [-0.39, 0.29) is 43.2 Å². The number of Topliss-reactive ketones (excluding diaryl/α,β-unsaturated/α-hetero) is 1. The number of aliphatic hydroxyl groups excluding tert-OH is 1. The molecule has 0 aliphatic heterocycles. The average molecular weight is 518 g/mol. The molecular weight excluding hydrogens is 478 g/mol. The van der Waals surface area contributed by atoms with Gasteiger partial charge in [0.1, 0.15) is 12.2 Å². The molecule has 0 saturated heterocycles. The Morgan fingerprint density at radius 2 is 1.74 bits per heavy atom. The van der Waals surface area contributed by atoms with Crippen LogP contribution in [0.15, 0.2) is 54.6 Å². The molecule has 1 aromatic heterocycles. The van der Waals surface area contributed by atoms with Crippen molar-refractivity contribution in [2.24, 2.45) is 5.92 Å². The van der Waals surface area contributed by atoms with Crippen molar-refractivity contribution in [2.75, 3.05) is 20.3 Å². The van der Waals surface area contributed by atoms with Crippen molar-refractivity contribution in [2.45, 2.75) is 64.4 Å². The van der Waals surface area contributed by atoms with Crippen LogP contribution < -0.4 is 9.47 Å². The Labute approximate surface area is 225 Å². The van der Waals surface area contributed by atoms with Crippen LogP contribution in [0, 0.1) is 12.8 Å². The third-order valence-electron chi connectivity index (χ3n) is 7.30. The SMILES string of the molecule is COc1cc(C(=O)CCC(O)(c2cc(C(C)(C)C)cc(-c3ccc(C)cc3)n2)C2CC2)ccc1OCCO. The largest absolute Gasteiger partial charge is 0.493 e. The minimum absolute atomic E-state index is 0.0766. The maximum atomic E-state index is 13.2. The van der Waals surface area contributed by atoms with Crippen molar-refractivity contribution in [3.63, 3.8) is 0 Å². The van der Waals surface area contributed by atoms with Gasteiger partial charge in [0, 0.05) is 17.5 Å². The molecule has 1 atom stereocenters. The minimum Gasteiger partial charge on any atom is -0.493 e. The van der Waals surface area contributed by atoms with Gasteiger partial charge in [-0.05, 0) is 73.4 Å². The maximum Gasteiger partial charge on any atom is 0.163 e. The van der Waals surface area contributed by atoms with E-state index in [2.05, 4.69) is 58.0 Å². The van der Waals surface area contributed by atoms with Crippen LogP contribution in [0.3, 0.4) is 0 Å². The first-order valence-corrected chi connectivity index (χ1v) is 13.3. The fraction of sp³-hybridized carbons (Fsp3) is 0.438. The Morgan fingerprint density at radius 1 is 1.03 bits per heavy atom. The first kappa shape index (κ1) is 27.8. The number of hydrogen-bond acceptors (Lipinski definition) is 6. The topological polar surface area (TPSA) is 88.9 Å². The summed E-state index contributed by atoms with van der Waals surface area (Å²) in [6.07, 6.45) is 2.29. The van der Waals surface area contributed by atoms with E-state index in [4.69, 9.17) is 19.6 Å². The van der Waals surface area contributed by atoms with Gasteiger partial charge in [0.15, 0.2) is 17.3 Å². The van der Waals surface area contributed by atoms with Gasteiger partial charge in [0.05, 0.1) is 25.1 Å². The number of methoxy groups -OCH3 is 1. The lowest BCUT2D eigenvalue weighted by Crippen LogP contribution is -2.31. The first-order chi connectivity index (χ1) is 18.0. The number of hydrogen-bond donors (Lipinski definition) is 2. The summed E-state index contributed by atoms with van der Waals surface area (Å²) in [5, 5.41) is 21.1. The molecule has 1 unspecified atom stereocenters. The summed E-state index contributed by atoms with van der Waals surface area (Å²) in [5.74, 6) is 0.901. The number of rotatable bonds is 11. The number of aromatic nitrogens is 1. The van der Waals surface area contributed by atoms with Crippen molar-refractivity contribution >= 4 is 5.78 Å². The number of aliphatic hydroxyl groups is 2. The van der Waals surface area contributed by atoms with Gasteiger partial charge in [-0.2, -0.15) is 0 Å². The molecule has 1 saturated carbocycles. The minimum atomic E-state index is -1.19. The number of carbonyl (C=O) groups is 1. The predicted molar refractivity (Wildman–Crippen MR) is 149 cm³/mol. The molecule has 2 aromatic carbocycles. The zero-order valence-electron chi connectivity index (χ0n) is 23.1. The molecule has 6 heteroatoms. The van der Waals surface area contributed by atoms with Crippen LogP contribution in [0.25, 0.3) is 11.3 Å². The van der Waals surface area contributed by atoms with E-state index >= 15 is 0 Å². The summed E-state index contributed by atoms with van der Waals surface area (Å²) in [5.41, 5.74) is 3.94. The highest BCUT2D eigenvalue weighted by molar-refractivity contribution is 5.96. The quantitative estimate of drug-likeness (QED) is 0.304. The lowest BCUT2D eigenvalue weighted by molar-refractivity contribution is -0.00117. The fourth-order valence-electron chi connectivity index (χ4n) is 4.72. The molecule has 2 N–H and O–H groups in total. The molecular formula is C32H39NO5. The average Bonchev–Trinajstić information content (AvgIpc) is 3.76. The van der Waals surface area contributed by atoms with Crippen molar-refractivity contribution in [1.82, 2.24) is 4.98 Å². The smallest absolute Gasteiger partial charge is 0.163 e. The van der Waals surface area contributed by atoms with Crippen molar-refractivity contribution in [1.29, 1.82) is 0 Å². The predicted octanol–water partition coefficient (Wildman–Crippen LogP) is 5.99. The number of pyridine rings is 1. The van der Waals surface area contributed by atoms with E-state index in [0.717, 1.165) is 29.7 Å². The third kappa shape index (κ3) is 6.25. The summed E-state index contributed by atoms with van der Waals surface area (Å²) in [7, 11) is 1.51. The van der Waals surface area contributed by atoms with Gasteiger partial charge in [0.25, 0.3) is 0 Å². The van der Waals surface area contributed by atoms with Gasteiger partial charge in [-0.1, -0.05) is 50.6 Å². The molecule has 0 spiro atoms. The van der Waals surface area contributed by atoms with Crippen LogP contribution in [-0.4, -0.2) is 41.3 Å². The lowest BCUT2D eigenvalue weighted by atomic mass is 9.81. The van der Waals surface area contributed by atoms with Gasteiger partial charge in [0.2, 0.25) is 0 Å². The zero-order chi connectivity index (χ0) is 27.5. The molecule has 0 radical (unpaired) electrons. The Morgan fingerprint density at radius 3 is 2.34 bits per heavy atom. The molecule has 202 valence electrons. The van der Waals surface area contributed by atoms with Crippen LogP contribution in [0.1, 0.15) is 73.6 Å². The third-order valence-corrected chi connectivity index (χ3v) is 7.30. The van der Waals surface area contributed by atoms with E-state index in [1.807, 2.05) is 6.07 Å². The first-order valence-electron chi connectivity index (χ1n) is 13.3. The number of aryl methyl sites for hydroxylation is 1. The van der Waals surface area contributed by atoms with E-state index < -0.39 is 5.60 Å². The molecule has 0 bridgehead atoms. The molecule has 6 nitrogen and oxygen atoms in total. The summed E-state index contributed by atoms with van der Waals surface area (Å²) >= 11 is 0. The van der Waals surface area contributed by atoms with Gasteiger partial charge in [-0.3, -0.25) is 4.79 Å². The van der Waals surface area contributed by atoms with Gasteiger partial charge < -0.3 is 19.7 Å². The second-order valence-corrected chi connectivity index (χ2v) is 11.3. The summed E-state index contributed by atoms with van der Waals surface area (Å²) < 4.78 is 10.9.